The Morgan fingerprint density at radius 3 is 2.67 bits per heavy atom. The zero-order chi connectivity index (χ0) is 15.4. The molecule has 1 heterocycles. The molecule has 2 rings (SSSR count). The van der Waals surface area contributed by atoms with E-state index in [2.05, 4.69) is 70.6 Å². The fourth-order valence-electron chi connectivity index (χ4n) is 2.05. The van der Waals surface area contributed by atoms with E-state index in [1.165, 1.54) is 10.4 Å². The molecular weight excluding hydrogens is 368 g/mol. The van der Waals surface area contributed by atoms with Gasteiger partial charge in [-0.05, 0) is 39.7 Å². The molecule has 0 saturated heterocycles. The van der Waals surface area contributed by atoms with E-state index in [0.717, 1.165) is 28.3 Å². The monoisotopic (exact) mass is 386 g/mol. The predicted molar refractivity (Wildman–Crippen MR) is 97.6 cm³/mol. The first kappa shape index (κ1) is 16.8. The summed E-state index contributed by atoms with van der Waals surface area (Å²) in [7, 11) is 2.07. The first-order valence-electron chi connectivity index (χ1n) is 6.91. The van der Waals surface area contributed by atoms with E-state index in [1.807, 2.05) is 6.07 Å². The summed E-state index contributed by atoms with van der Waals surface area (Å²) in [6, 6.07) is 8.91. The molecule has 0 saturated carbocycles. The van der Waals surface area contributed by atoms with Crippen molar-refractivity contribution in [2.24, 2.45) is 0 Å². The number of anilines is 1. The average Bonchev–Trinajstić information content (AvgIpc) is 2.81. The van der Waals surface area contributed by atoms with Gasteiger partial charge in [-0.15, -0.1) is 11.3 Å². The summed E-state index contributed by atoms with van der Waals surface area (Å²) >= 11 is 11.7. The van der Waals surface area contributed by atoms with Crippen molar-refractivity contribution in [2.75, 3.05) is 11.9 Å². The van der Waals surface area contributed by atoms with Crippen molar-refractivity contribution in [1.82, 2.24) is 5.32 Å². The maximum atomic E-state index is 6.44. The molecule has 5 heteroatoms. The number of thiophene rings is 1. The molecule has 1 aromatic carbocycles. The number of benzene rings is 1. The minimum atomic E-state index is 0.475. The lowest BCUT2D eigenvalue weighted by Crippen LogP contribution is -2.22. The van der Waals surface area contributed by atoms with E-state index in [-0.39, 0.29) is 0 Å². The summed E-state index contributed by atoms with van der Waals surface area (Å²) < 4.78 is 1.14. The normalized spacial score (nSPS) is 11.1. The topological polar surface area (TPSA) is 15.3 Å². The maximum absolute atomic E-state index is 6.44. The molecule has 0 fully saturated rings. The molecule has 0 bridgehead atoms. The Kier molecular flexibility index (Phi) is 6.11. The number of rotatable bonds is 6. The van der Waals surface area contributed by atoms with Crippen LogP contribution in [0.25, 0.3) is 0 Å². The molecule has 0 aliphatic rings. The lowest BCUT2D eigenvalue weighted by atomic mass is 10.2. The quantitative estimate of drug-likeness (QED) is 0.723. The second kappa shape index (κ2) is 7.63. The largest absolute Gasteiger partial charge is 0.368 e. The van der Waals surface area contributed by atoms with Crippen LogP contribution in [0, 0.1) is 0 Å². The van der Waals surface area contributed by atoms with Gasteiger partial charge in [0.1, 0.15) is 0 Å². The third-order valence-electron chi connectivity index (χ3n) is 3.15. The Morgan fingerprint density at radius 2 is 2.10 bits per heavy atom. The summed E-state index contributed by atoms with van der Waals surface area (Å²) in [5, 5.41) is 6.31. The van der Waals surface area contributed by atoms with Crippen molar-refractivity contribution in [3.63, 3.8) is 0 Å². The van der Waals surface area contributed by atoms with Crippen LogP contribution in [0.1, 0.15) is 24.3 Å². The second-order valence-electron chi connectivity index (χ2n) is 5.41. The van der Waals surface area contributed by atoms with Gasteiger partial charge in [0.25, 0.3) is 0 Å². The smallest absolute Gasteiger partial charge is 0.0642 e. The first-order valence-corrected chi connectivity index (χ1v) is 8.96. The highest BCUT2D eigenvalue weighted by atomic mass is 79.9. The molecule has 1 N–H and O–H groups in total. The van der Waals surface area contributed by atoms with Crippen LogP contribution in [-0.2, 0) is 13.1 Å². The molecule has 0 amide bonds. The lowest BCUT2D eigenvalue weighted by molar-refractivity contribution is 0.589. The van der Waals surface area contributed by atoms with Crippen LogP contribution < -0.4 is 10.2 Å². The number of nitrogens with one attached hydrogen (secondary N) is 1. The molecule has 1 aromatic heterocycles. The second-order valence-corrected chi connectivity index (χ2v) is 7.73. The fourth-order valence-corrected chi connectivity index (χ4v) is 3.90. The minimum absolute atomic E-state index is 0.475. The summed E-state index contributed by atoms with van der Waals surface area (Å²) in [5.41, 5.74) is 2.28. The van der Waals surface area contributed by atoms with E-state index in [1.54, 1.807) is 11.3 Å². The van der Waals surface area contributed by atoms with Gasteiger partial charge < -0.3 is 10.2 Å². The predicted octanol–water partition coefficient (Wildman–Crippen LogP) is 5.30. The van der Waals surface area contributed by atoms with Crippen molar-refractivity contribution in [3.05, 3.63) is 49.6 Å². The van der Waals surface area contributed by atoms with Gasteiger partial charge >= 0.3 is 0 Å². The summed E-state index contributed by atoms with van der Waals surface area (Å²) in [4.78, 5) is 3.49. The van der Waals surface area contributed by atoms with Gasteiger partial charge in [-0.2, -0.15) is 0 Å². The Balaban J connectivity index is 2.05. The van der Waals surface area contributed by atoms with Gasteiger partial charge in [-0.3, -0.25) is 0 Å². The molecule has 21 heavy (non-hydrogen) atoms. The first-order chi connectivity index (χ1) is 9.95. The number of hydrogen-bond donors (Lipinski definition) is 1. The molecule has 0 radical (unpaired) electrons. The molecule has 114 valence electrons. The van der Waals surface area contributed by atoms with Crippen LogP contribution in [0.5, 0.6) is 0 Å². The van der Waals surface area contributed by atoms with Crippen LogP contribution in [0.4, 0.5) is 5.69 Å². The Morgan fingerprint density at radius 1 is 1.33 bits per heavy atom. The van der Waals surface area contributed by atoms with Crippen LogP contribution in [0.2, 0.25) is 5.02 Å². The minimum Gasteiger partial charge on any atom is -0.368 e. The molecule has 0 atom stereocenters. The molecular formula is C16H20BrClN2S. The van der Waals surface area contributed by atoms with Gasteiger partial charge in [0.15, 0.2) is 0 Å². The van der Waals surface area contributed by atoms with Gasteiger partial charge in [0, 0.05) is 34.4 Å². The van der Waals surface area contributed by atoms with Crippen molar-refractivity contribution < 1.29 is 0 Å². The van der Waals surface area contributed by atoms with Crippen LogP contribution in [0.3, 0.4) is 0 Å². The zero-order valence-electron chi connectivity index (χ0n) is 12.5. The van der Waals surface area contributed by atoms with Crippen molar-refractivity contribution >= 4 is 44.6 Å². The fraction of sp³-hybridized carbons (Fsp3) is 0.375. The molecule has 2 nitrogen and oxygen atoms in total. The third-order valence-corrected chi connectivity index (χ3v) is 5.14. The number of nitrogens with zero attached hydrogens (tertiary/aromatic N) is 1. The lowest BCUT2D eigenvalue weighted by Gasteiger charge is -2.20. The molecule has 0 aliphatic heterocycles. The molecule has 0 unspecified atom stereocenters. The third kappa shape index (κ3) is 4.99. The standard InChI is InChI=1S/C16H20BrClN2S/c1-11(2)19-8-12-4-5-16(15(18)6-12)20(3)9-14-7-13(17)10-21-14/h4-7,10-11,19H,8-9H2,1-3H3. The molecule has 0 spiro atoms. The van der Waals surface area contributed by atoms with Crippen molar-refractivity contribution in [3.8, 4) is 0 Å². The van der Waals surface area contributed by atoms with Crippen LogP contribution in [-0.4, -0.2) is 13.1 Å². The summed E-state index contributed by atoms with van der Waals surface area (Å²) in [6.07, 6.45) is 0. The van der Waals surface area contributed by atoms with E-state index < -0.39 is 0 Å². The van der Waals surface area contributed by atoms with E-state index in [4.69, 9.17) is 11.6 Å². The van der Waals surface area contributed by atoms with Gasteiger partial charge in [0.05, 0.1) is 17.3 Å². The highest BCUT2D eigenvalue weighted by Crippen LogP contribution is 2.29. The maximum Gasteiger partial charge on any atom is 0.0642 e. The number of hydrogen-bond acceptors (Lipinski definition) is 3. The van der Waals surface area contributed by atoms with E-state index in [0.29, 0.717) is 6.04 Å². The van der Waals surface area contributed by atoms with Gasteiger partial charge in [-0.1, -0.05) is 31.5 Å². The van der Waals surface area contributed by atoms with Crippen molar-refractivity contribution in [2.45, 2.75) is 33.0 Å². The van der Waals surface area contributed by atoms with Gasteiger partial charge in [0.2, 0.25) is 0 Å². The Bertz CT molecular complexity index is 598. The van der Waals surface area contributed by atoms with Crippen LogP contribution >= 0.6 is 38.9 Å². The highest BCUT2D eigenvalue weighted by Gasteiger charge is 2.09. The Labute approximate surface area is 144 Å². The summed E-state index contributed by atoms with van der Waals surface area (Å²) in [5.74, 6) is 0. The number of halogens is 2. The van der Waals surface area contributed by atoms with Crippen LogP contribution in [0.15, 0.2) is 34.1 Å². The molecule has 0 aliphatic carbocycles. The summed E-state index contributed by atoms with van der Waals surface area (Å²) in [6.45, 7) is 5.99. The highest BCUT2D eigenvalue weighted by molar-refractivity contribution is 9.10. The average molecular weight is 388 g/mol. The Hall–Kier alpha value is -0.550. The molecule has 2 aromatic rings. The van der Waals surface area contributed by atoms with E-state index >= 15 is 0 Å². The SMILES string of the molecule is CC(C)NCc1ccc(N(C)Cc2cc(Br)cs2)c(Cl)c1. The zero-order valence-corrected chi connectivity index (χ0v) is 15.6. The van der Waals surface area contributed by atoms with E-state index in [9.17, 15) is 0 Å². The van der Waals surface area contributed by atoms with Crippen molar-refractivity contribution in [1.29, 1.82) is 0 Å². The van der Waals surface area contributed by atoms with Gasteiger partial charge in [-0.25, -0.2) is 0 Å².